The van der Waals surface area contributed by atoms with Crippen LogP contribution in [0, 0.1) is 5.82 Å². The highest BCUT2D eigenvalue weighted by molar-refractivity contribution is 6.75. The molecular formula is C26H31FO3Si. The molecule has 3 aromatic rings. The smallest absolute Gasteiger partial charge is 0.373 e. The van der Waals surface area contributed by atoms with Crippen LogP contribution in [-0.4, -0.2) is 30.1 Å². The van der Waals surface area contributed by atoms with Gasteiger partial charge < -0.3 is 13.3 Å². The molecule has 3 aromatic carbocycles. The van der Waals surface area contributed by atoms with Crippen LogP contribution < -0.4 is 5.19 Å². The van der Waals surface area contributed by atoms with Crippen molar-refractivity contribution in [2.45, 2.75) is 33.1 Å². The van der Waals surface area contributed by atoms with E-state index in [2.05, 4.69) is 32.0 Å². The zero-order chi connectivity index (χ0) is 22.4. The molecule has 0 amide bonds. The van der Waals surface area contributed by atoms with Crippen LogP contribution >= 0.6 is 0 Å². The van der Waals surface area contributed by atoms with Crippen LogP contribution in [-0.2, 0) is 26.1 Å². The summed E-state index contributed by atoms with van der Waals surface area (Å²) in [6.07, 6.45) is 2.94. The molecule has 0 unspecified atom stereocenters. The molecule has 0 aromatic heterocycles. The number of halogens is 1. The summed E-state index contributed by atoms with van der Waals surface area (Å²) in [5.41, 5.74) is 5.74. The van der Waals surface area contributed by atoms with Crippen LogP contribution in [0.1, 0.15) is 31.4 Å². The van der Waals surface area contributed by atoms with E-state index in [9.17, 15) is 0 Å². The van der Waals surface area contributed by atoms with Gasteiger partial charge in [-0.2, -0.15) is 0 Å². The van der Waals surface area contributed by atoms with Gasteiger partial charge in [0.15, 0.2) is 0 Å². The number of hydrogen-bond acceptors (Lipinski definition) is 3. The van der Waals surface area contributed by atoms with E-state index in [4.69, 9.17) is 13.3 Å². The van der Waals surface area contributed by atoms with Crippen molar-refractivity contribution in [3.63, 3.8) is 0 Å². The Hall–Kier alpha value is -2.31. The third-order valence-electron chi connectivity index (χ3n) is 5.73. The Bertz CT molecular complexity index is 1010. The monoisotopic (exact) mass is 438 g/mol. The topological polar surface area (TPSA) is 27.7 Å². The molecule has 0 aliphatic rings. The maximum Gasteiger partial charge on any atom is 0.536 e. The summed E-state index contributed by atoms with van der Waals surface area (Å²) in [7, 11) is 1.88. The zero-order valence-corrected chi connectivity index (χ0v) is 20.0. The first kappa shape index (κ1) is 23.4. The molecule has 0 atom stereocenters. The van der Waals surface area contributed by atoms with Crippen LogP contribution in [0.4, 0.5) is 4.39 Å². The second-order valence-corrected chi connectivity index (χ2v) is 10.5. The molecule has 0 N–H and O–H groups in total. The molecule has 0 saturated carbocycles. The van der Waals surface area contributed by atoms with Gasteiger partial charge in [-0.1, -0.05) is 74.9 Å². The molecule has 0 fully saturated rings. The third-order valence-corrected chi connectivity index (χ3v) is 8.36. The third kappa shape index (κ3) is 4.80. The van der Waals surface area contributed by atoms with Crippen LogP contribution in [0.25, 0.3) is 22.3 Å². The van der Waals surface area contributed by atoms with E-state index >= 15 is 4.39 Å². The standard InChI is InChI=1S/C26H31FO3Si/c1-6-8-19-9-11-21(12-10-19)25-15-13-22(18-26(25)27)24-16-14-23(17-20(24)7-2)31(28-3,29-4)30-5/h9-18H,6-8H2,1-5H3. The normalized spacial score (nSPS) is 11.7. The molecule has 0 aliphatic heterocycles. The largest absolute Gasteiger partial charge is 0.536 e. The first-order chi connectivity index (χ1) is 15.0. The zero-order valence-electron chi connectivity index (χ0n) is 19.0. The van der Waals surface area contributed by atoms with E-state index in [1.165, 1.54) is 5.56 Å². The lowest BCUT2D eigenvalue weighted by atomic mass is 9.95. The first-order valence-electron chi connectivity index (χ1n) is 10.7. The van der Waals surface area contributed by atoms with Gasteiger partial charge in [-0.15, -0.1) is 0 Å². The van der Waals surface area contributed by atoms with Crippen molar-refractivity contribution in [3.8, 4) is 22.3 Å². The Kier molecular flexibility index (Phi) is 7.78. The molecule has 0 spiro atoms. The minimum Gasteiger partial charge on any atom is -0.373 e. The summed E-state index contributed by atoms with van der Waals surface area (Å²) in [4.78, 5) is 0. The van der Waals surface area contributed by atoms with Crippen molar-refractivity contribution < 1.29 is 17.7 Å². The minimum absolute atomic E-state index is 0.221. The molecule has 3 rings (SSSR count). The second-order valence-electron chi connectivity index (χ2n) is 7.54. The maximum absolute atomic E-state index is 15.1. The predicted octanol–water partition coefficient (Wildman–Crippen LogP) is 5.76. The van der Waals surface area contributed by atoms with Crippen LogP contribution in [0.15, 0.2) is 60.7 Å². The van der Waals surface area contributed by atoms with Crippen LogP contribution in [0.2, 0.25) is 0 Å². The Morgan fingerprint density at radius 3 is 1.90 bits per heavy atom. The second kappa shape index (κ2) is 10.3. The van der Waals surface area contributed by atoms with Gasteiger partial charge in [-0.05, 0) is 46.7 Å². The summed E-state index contributed by atoms with van der Waals surface area (Å²) >= 11 is 0. The molecule has 5 heteroatoms. The molecule has 164 valence electrons. The Morgan fingerprint density at radius 1 is 0.742 bits per heavy atom. The molecular weight excluding hydrogens is 407 g/mol. The molecule has 0 heterocycles. The summed E-state index contributed by atoms with van der Waals surface area (Å²) in [6, 6.07) is 19.6. The average Bonchev–Trinajstić information content (AvgIpc) is 2.81. The number of benzene rings is 3. The Labute approximate surface area is 186 Å². The quantitative estimate of drug-likeness (QED) is 0.398. The van der Waals surface area contributed by atoms with E-state index in [1.807, 2.05) is 36.4 Å². The molecule has 0 bridgehead atoms. The summed E-state index contributed by atoms with van der Waals surface area (Å²) in [5, 5.41) is 0.893. The van der Waals surface area contributed by atoms with Gasteiger partial charge in [0, 0.05) is 32.1 Å². The molecule has 31 heavy (non-hydrogen) atoms. The lowest BCUT2D eigenvalue weighted by Crippen LogP contribution is -2.54. The highest BCUT2D eigenvalue weighted by Gasteiger charge is 2.41. The fraction of sp³-hybridized carbons (Fsp3) is 0.308. The van der Waals surface area contributed by atoms with E-state index in [1.54, 1.807) is 27.4 Å². The minimum atomic E-state index is -2.91. The first-order valence-corrected chi connectivity index (χ1v) is 12.4. The van der Waals surface area contributed by atoms with Crippen molar-refractivity contribution in [2.75, 3.05) is 21.3 Å². The number of aryl methyl sites for hydroxylation is 2. The van der Waals surface area contributed by atoms with Gasteiger partial charge in [0.05, 0.1) is 0 Å². The molecule has 0 aliphatic carbocycles. The van der Waals surface area contributed by atoms with Gasteiger partial charge in [-0.3, -0.25) is 0 Å². The van der Waals surface area contributed by atoms with Crippen molar-refractivity contribution in [1.82, 2.24) is 0 Å². The highest BCUT2D eigenvalue weighted by Crippen LogP contribution is 2.30. The summed E-state index contributed by atoms with van der Waals surface area (Å²) in [6.45, 7) is 4.24. The SMILES string of the molecule is CCCc1ccc(-c2ccc(-c3ccc([Si](OC)(OC)OC)cc3CC)cc2F)cc1. The highest BCUT2D eigenvalue weighted by atomic mass is 28.4. The number of hydrogen-bond donors (Lipinski definition) is 0. The van der Waals surface area contributed by atoms with Gasteiger partial charge in [0.1, 0.15) is 5.82 Å². The van der Waals surface area contributed by atoms with Gasteiger partial charge >= 0.3 is 8.80 Å². The van der Waals surface area contributed by atoms with Crippen LogP contribution in [0.3, 0.4) is 0 Å². The van der Waals surface area contributed by atoms with Crippen LogP contribution in [0.5, 0.6) is 0 Å². The maximum atomic E-state index is 15.1. The fourth-order valence-corrected chi connectivity index (χ4v) is 5.86. The van der Waals surface area contributed by atoms with Crippen molar-refractivity contribution >= 4 is 14.0 Å². The van der Waals surface area contributed by atoms with E-state index in [-0.39, 0.29) is 5.82 Å². The molecule has 0 radical (unpaired) electrons. The van der Waals surface area contributed by atoms with Crippen molar-refractivity contribution in [3.05, 3.63) is 77.6 Å². The number of rotatable bonds is 9. The van der Waals surface area contributed by atoms with Gasteiger partial charge in [0.25, 0.3) is 0 Å². The molecule has 0 saturated heterocycles. The summed E-state index contributed by atoms with van der Waals surface area (Å²) in [5.74, 6) is -0.221. The van der Waals surface area contributed by atoms with E-state index in [0.717, 1.165) is 46.7 Å². The fourth-order valence-electron chi connectivity index (χ4n) is 4.02. The Balaban J connectivity index is 1.97. The lowest BCUT2D eigenvalue weighted by Gasteiger charge is -2.25. The predicted molar refractivity (Wildman–Crippen MR) is 127 cm³/mol. The van der Waals surface area contributed by atoms with Crippen molar-refractivity contribution in [2.24, 2.45) is 0 Å². The van der Waals surface area contributed by atoms with E-state index < -0.39 is 8.80 Å². The average molecular weight is 439 g/mol. The van der Waals surface area contributed by atoms with Gasteiger partial charge in [0.2, 0.25) is 0 Å². The van der Waals surface area contributed by atoms with Crippen molar-refractivity contribution in [1.29, 1.82) is 0 Å². The Morgan fingerprint density at radius 2 is 1.35 bits per heavy atom. The van der Waals surface area contributed by atoms with Gasteiger partial charge in [-0.25, -0.2) is 4.39 Å². The lowest BCUT2D eigenvalue weighted by molar-refractivity contribution is 0.140. The van der Waals surface area contributed by atoms with E-state index in [0.29, 0.717) is 5.56 Å². The molecule has 3 nitrogen and oxygen atoms in total. The summed E-state index contributed by atoms with van der Waals surface area (Å²) < 4.78 is 31.9.